The van der Waals surface area contributed by atoms with Gasteiger partial charge in [-0.2, -0.15) is 0 Å². The van der Waals surface area contributed by atoms with Crippen LogP contribution in [-0.4, -0.2) is 47.2 Å². The Hall–Kier alpha value is -2.50. The number of allylic oxidation sites excluding steroid dienone is 1. The third-order valence-electron chi connectivity index (χ3n) is 5.55. The molecule has 5 heteroatoms. The number of carbonyl (C=O) groups is 1. The quantitative estimate of drug-likeness (QED) is 0.748. The molecule has 0 aliphatic carbocycles. The Bertz CT molecular complexity index is 863. The summed E-state index contributed by atoms with van der Waals surface area (Å²) in [6.45, 7) is 6.32. The van der Waals surface area contributed by atoms with Crippen molar-refractivity contribution in [2.24, 2.45) is 0 Å². The number of hydrogen-bond acceptors (Lipinski definition) is 3. The van der Waals surface area contributed by atoms with Crippen LogP contribution in [0.3, 0.4) is 0 Å². The molecule has 0 aromatic heterocycles. The maximum atomic E-state index is 14.2. The first-order valence-electron chi connectivity index (χ1n) is 10.1. The average Bonchev–Trinajstić information content (AvgIpc) is 2.69. The third kappa shape index (κ3) is 4.57. The van der Waals surface area contributed by atoms with E-state index in [-0.39, 0.29) is 42.1 Å². The first-order valence-corrected chi connectivity index (χ1v) is 10.1. The summed E-state index contributed by atoms with van der Waals surface area (Å²) >= 11 is 0. The normalized spacial score (nSPS) is 21.4. The van der Waals surface area contributed by atoms with Crippen molar-refractivity contribution < 1.29 is 14.3 Å². The second-order valence-electron chi connectivity index (χ2n) is 7.79. The Labute approximate surface area is 172 Å². The minimum atomic E-state index is -0.505. The lowest BCUT2D eigenvalue weighted by Gasteiger charge is -2.48. The van der Waals surface area contributed by atoms with E-state index in [0.29, 0.717) is 6.54 Å². The topological polar surface area (TPSA) is 52.6 Å². The van der Waals surface area contributed by atoms with Crippen molar-refractivity contribution in [3.05, 3.63) is 77.1 Å². The lowest BCUT2D eigenvalue weighted by atomic mass is 9.77. The number of hydrogen-bond donors (Lipinski definition) is 2. The van der Waals surface area contributed by atoms with Crippen molar-refractivity contribution in [2.45, 2.75) is 44.8 Å². The van der Waals surface area contributed by atoms with Gasteiger partial charge in [-0.15, -0.1) is 0 Å². The molecule has 154 valence electrons. The summed E-state index contributed by atoms with van der Waals surface area (Å²) in [5, 5.41) is 13.1. The van der Waals surface area contributed by atoms with Crippen molar-refractivity contribution in [3.63, 3.8) is 0 Å². The fourth-order valence-corrected chi connectivity index (χ4v) is 3.99. The highest BCUT2D eigenvalue weighted by Crippen LogP contribution is 2.33. The number of carbonyl (C=O) groups excluding carboxylic acids is 1. The van der Waals surface area contributed by atoms with Gasteiger partial charge in [-0.1, -0.05) is 48.6 Å². The summed E-state index contributed by atoms with van der Waals surface area (Å²) in [7, 11) is 0. The van der Waals surface area contributed by atoms with Gasteiger partial charge in [0.25, 0.3) is 5.91 Å². The van der Waals surface area contributed by atoms with E-state index in [1.165, 1.54) is 12.1 Å². The van der Waals surface area contributed by atoms with E-state index >= 15 is 0 Å². The highest BCUT2D eigenvalue weighted by Gasteiger charge is 2.42. The molecular formula is C24H29FN2O2. The number of nitrogens with zero attached hydrogens (tertiary/aromatic N) is 1. The number of nitrogens with one attached hydrogen (secondary N) is 1. The highest BCUT2D eigenvalue weighted by molar-refractivity contribution is 5.94. The molecule has 29 heavy (non-hydrogen) atoms. The summed E-state index contributed by atoms with van der Waals surface area (Å²) < 4.78 is 14.2. The summed E-state index contributed by atoms with van der Waals surface area (Å²) in [6.07, 6.45) is 4.03. The third-order valence-corrected chi connectivity index (χ3v) is 5.55. The molecule has 4 nitrogen and oxygen atoms in total. The van der Waals surface area contributed by atoms with Crippen molar-refractivity contribution in [2.75, 3.05) is 13.2 Å². The van der Waals surface area contributed by atoms with Crippen molar-refractivity contribution in [1.29, 1.82) is 0 Å². The summed E-state index contributed by atoms with van der Waals surface area (Å²) in [6, 6.07) is 14.2. The van der Waals surface area contributed by atoms with Gasteiger partial charge in [-0.3, -0.25) is 4.79 Å². The fraction of sp³-hybridized carbons (Fsp3) is 0.375. The monoisotopic (exact) mass is 396 g/mol. The van der Waals surface area contributed by atoms with Gasteiger partial charge in [0.05, 0.1) is 12.2 Å². The van der Waals surface area contributed by atoms with Crippen LogP contribution in [0.15, 0.2) is 54.6 Å². The van der Waals surface area contributed by atoms with Crippen LogP contribution in [0.5, 0.6) is 0 Å². The van der Waals surface area contributed by atoms with Gasteiger partial charge < -0.3 is 15.3 Å². The van der Waals surface area contributed by atoms with E-state index < -0.39 is 5.82 Å². The van der Waals surface area contributed by atoms with Crippen LogP contribution >= 0.6 is 0 Å². The standard InChI is InChI=1S/C24H29FN2O2/c1-4-7-17-10-12-18(13-11-17)23-21(26-22(23)15-28)14-27(16(2)3)24(29)19-8-5-6-9-20(19)25/h4-13,16,21-23,26,28H,14-15H2,1-3H3/b7-4+/t21-,22-,23-/m0/s1. The van der Waals surface area contributed by atoms with Crippen LogP contribution < -0.4 is 5.32 Å². The molecule has 2 aromatic carbocycles. The van der Waals surface area contributed by atoms with Gasteiger partial charge in [0.1, 0.15) is 5.82 Å². The Morgan fingerprint density at radius 2 is 1.86 bits per heavy atom. The predicted octanol–water partition coefficient (Wildman–Crippen LogP) is 3.83. The first-order chi connectivity index (χ1) is 14.0. The molecule has 0 saturated carbocycles. The van der Waals surface area contributed by atoms with Crippen molar-refractivity contribution in [3.8, 4) is 0 Å². The molecule has 0 spiro atoms. The number of benzene rings is 2. The number of aliphatic hydroxyl groups excluding tert-OH is 1. The SMILES string of the molecule is C/C=C/c1ccc([C@@H]2[C@H](CO)N[C@H]2CN(C(=O)c2ccccc2F)C(C)C)cc1. The molecule has 1 aliphatic rings. The molecule has 1 aliphatic heterocycles. The lowest BCUT2D eigenvalue weighted by molar-refractivity contribution is 0.0559. The van der Waals surface area contributed by atoms with Crippen molar-refractivity contribution in [1.82, 2.24) is 10.2 Å². The van der Waals surface area contributed by atoms with E-state index in [9.17, 15) is 14.3 Å². The van der Waals surface area contributed by atoms with Crippen LogP contribution in [0.25, 0.3) is 6.08 Å². The van der Waals surface area contributed by atoms with Gasteiger partial charge in [0.2, 0.25) is 0 Å². The van der Waals surface area contributed by atoms with Crippen LogP contribution in [0.4, 0.5) is 4.39 Å². The zero-order chi connectivity index (χ0) is 21.0. The largest absolute Gasteiger partial charge is 0.395 e. The number of rotatable bonds is 7. The Morgan fingerprint density at radius 3 is 2.45 bits per heavy atom. The molecule has 1 saturated heterocycles. The number of amides is 1. The van der Waals surface area contributed by atoms with Gasteiger partial charge in [0.15, 0.2) is 0 Å². The maximum absolute atomic E-state index is 14.2. The van der Waals surface area contributed by atoms with E-state index in [0.717, 1.165) is 11.1 Å². The molecule has 0 radical (unpaired) electrons. The molecule has 3 atom stereocenters. The smallest absolute Gasteiger partial charge is 0.257 e. The second kappa shape index (κ2) is 9.33. The van der Waals surface area contributed by atoms with Crippen LogP contribution in [0.1, 0.15) is 48.2 Å². The van der Waals surface area contributed by atoms with E-state index in [1.807, 2.05) is 32.9 Å². The molecular weight excluding hydrogens is 367 g/mol. The van der Waals surface area contributed by atoms with E-state index in [4.69, 9.17) is 0 Å². The summed E-state index contributed by atoms with van der Waals surface area (Å²) in [5.74, 6) is -0.724. The predicted molar refractivity (Wildman–Crippen MR) is 114 cm³/mol. The minimum absolute atomic E-state index is 0.00200. The summed E-state index contributed by atoms with van der Waals surface area (Å²) in [4.78, 5) is 14.7. The molecule has 3 rings (SSSR count). The van der Waals surface area contributed by atoms with Crippen LogP contribution in [-0.2, 0) is 0 Å². The maximum Gasteiger partial charge on any atom is 0.257 e. The van der Waals surface area contributed by atoms with Gasteiger partial charge >= 0.3 is 0 Å². The van der Waals surface area contributed by atoms with Crippen molar-refractivity contribution >= 4 is 12.0 Å². The van der Waals surface area contributed by atoms with E-state index in [2.05, 4.69) is 29.6 Å². The lowest BCUT2D eigenvalue weighted by Crippen LogP contribution is -2.65. The highest BCUT2D eigenvalue weighted by atomic mass is 19.1. The van der Waals surface area contributed by atoms with Gasteiger partial charge in [-0.05, 0) is 44.0 Å². The fourth-order valence-electron chi connectivity index (χ4n) is 3.99. The second-order valence-corrected chi connectivity index (χ2v) is 7.79. The average molecular weight is 397 g/mol. The zero-order valence-corrected chi connectivity index (χ0v) is 17.2. The van der Waals surface area contributed by atoms with Gasteiger partial charge in [0, 0.05) is 30.6 Å². The molecule has 1 heterocycles. The van der Waals surface area contributed by atoms with Crippen LogP contribution in [0, 0.1) is 5.82 Å². The Balaban J connectivity index is 1.80. The minimum Gasteiger partial charge on any atom is -0.395 e. The molecule has 2 N–H and O–H groups in total. The van der Waals surface area contributed by atoms with E-state index in [1.54, 1.807) is 17.0 Å². The molecule has 2 aromatic rings. The van der Waals surface area contributed by atoms with Gasteiger partial charge in [-0.25, -0.2) is 4.39 Å². The number of aliphatic hydroxyl groups is 1. The Morgan fingerprint density at radius 1 is 1.17 bits per heavy atom. The molecule has 1 amide bonds. The Kier molecular flexibility index (Phi) is 6.83. The first kappa shape index (κ1) is 21.2. The number of halogens is 1. The molecule has 0 bridgehead atoms. The van der Waals surface area contributed by atoms with Crippen LogP contribution in [0.2, 0.25) is 0 Å². The zero-order valence-electron chi connectivity index (χ0n) is 17.2. The molecule has 0 unspecified atom stereocenters. The summed E-state index contributed by atoms with van der Waals surface area (Å²) in [5.41, 5.74) is 2.34. The molecule has 1 fully saturated rings.